The third-order valence-electron chi connectivity index (χ3n) is 5.78. The maximum atomic E-state index is 13.3. The largest absolute Gasteiger partial charge is 0.507 e. The Morgan fingerprint density at radius 1 is 1.17 bits per heavy atom. The van der Waals surface area contributed by atoms with Crippen molar-refractivity contribution >= 4 is 5.78 Å². The summed E-state index contributed by atoms with van der Waals surface area (Å²) in [6, 6.07) is 11.5. The van der Waals surface area contributed by atoms with Gasteiger partial charge < -0.3 is 9.84 Å². The van der Waals surface area contributed by atoms with Crippen molar-refractivity contribution < 1.29 is 14.6 Å². The normalized spacial score (nSPS) is 25.2. The molecule has 3 nitrogen and oxygen atoms in total. The summed E-state index contributed by atoms with van der Waals surface area (Å²) in [5, 5.41) is 10.3. The summed E-state index contributed by atoms with van der Waals surface area (Å²) in [4.78, 5) is 13.3. The van der Waals surface area contributed by atoms with Crippen LogP contribution in [-0.2, 0) is 0 Å². The minimum atomic E-state index is -0.164. The van der Waals surface area contributed by atoms with Gasteiger partial charge >= 0.3 is 0 Å². The molecule has 4 rings (SSSR count). The minimum Gasteiger partial charge on any atom is -0.507 e. The Bertz CT molecular complexity index is 809. The predicted molar refractivity (Wildman–Crippen MR) is 93.0 cm³/mol. The van der Waals surface area contributed by atoms with E-state index in [2.05, 4.69) is 6.07 Å². The molecule has 3 heteroatoms. The maximum absolute atomic E-state index is 13.3. The van der Waals surface area contributed by atoms with Crippen LogP contribution in [0.5, 0.6) is 11.5 Å². The zero-order valence-electron chi connectivity index (χ0n) is 14.1. The van der Waals surface area contributed by atoms with Crippen LogP contribution in [0.25, 0.3) is 0 Å². The van der Waals surface area contributed by atoms with Gasteiger partial charge in [-0.15, -0.1) is 0 Å². The Labute approximate surface area is 142 Å². The number of hydrogen-bond acceptors (Lipinski definition) is 3. The molecule has 0 amide bonds. The first kappa shape index (κ1) is 15.3. The average Bonchev–Trinajstić information content (AvgIpc) is 3.04. The molecule has 2 aliphatic carbocycles. The van der Waals surface area contributed by atoms with Crippen LogP contribution >= 0.6 is 0 Å². The van der Waals surface area contributed by atoms with Crippen molar-refractivity contribution in [3.63, 3.8) is 0 Å². The Kier molecular flexibility index (Phi) is 3.60. The van der Waals surface area contributed by atoms with Gasteiger partial charge in [-0.3, -0.25) is 4.79 Å². The molecule has 1 unspecified atom stereocenters. The van der Waals surface area contributed by atoms with E-state index in [-0.39, 0.29) is 17.5 Å². The van der Waals surface area contributed by atoms with Gasteiger partial charge in [-0.05, 0) is 60.4 Å². The lowest BCUT2D eigenvalue weighted by Crippen LogP contribution is -2.30. The molecule has 124 valence electrons. The number of hydrogen-bond donors (Lipinski definition) is 1. The van der Waals surface area contributed by atoms with Crippen LogP contribution < -0.4 is 4.74 Å². The number of ether oxygens (including phenoxy) is 1. The zero-order valence-corrected chi connectivity index (χ0v) is 14.1. The van der Waals surface area contributed by atoms with Gasteiger partial charge in [0.05, 0.1) is 18.6 Å². The molecule has 2 aromatic rings. The van der Waals surface area contributed by atoms with E-state index in [0.29, 0.717) is 17.4 Å². The van der Waals surface area contributed by atoms with Crippen molar-refractivity contribution in [2.45, 2.75) is 38.0 Å². The highest BCUT2D eigenvalue weighted by atomic mass is 16.5. The van der Waals surface area contributed by atoms with E-state index in [0.717, 1.165) is 41.7 Å². The zero-order chi connectivity index (χ0) is 16.8. The molecule has 0 aromatic heterocycles. The van der Waals surface area contributed by atoms with Crippen LogP contribution in [0, 0.1) is 12.8 Å². The first-order chi connectivity index (χ1) is 11.6. The number of rotatable bonds is 2. The van der Waals surface area contributed by atoms with Crippen LogP contribution in [0.15, 0.2) is 36.4 Å². The van der Waals surface area contributed by atoms with Crippen molar-refractivity contribution in [3.05, 3.63) is 58.7 Å². The average molecular weight is 322 g/mol. The topological polar surface area (TPSA) is 46.5 Å². The molecular weight excluding hydrogens is 300 g/mol. The highest BCUT2D eigenvalue weighted by molar-refractivity contribution is 6.06. The van der Waals surface area contributed by atoms with E-state index in [1.807, 2.05) is 31.2 Å². The SMILES string of the molecule is COc1ccc(C2C(=O)c3c(O)cccc3[C@@H]3CCC[C@H]23)cc1C. The number of carbonyl (C=O) groups excluding carboxylic acids is 1. The molecular formula is C21H22O3. The Hall–Kier alpha value is -2.29. The lowest BCUT2D eigenvalue weighted by Gasteiger charge is -2.35. The molecule has 24 heavy (non-hydrogen) atoms. The molecule has 0 saturated heterocycles. The second-order valence-corrected chi connectivity index (χ2v) is 7.01. The van der Waals surface area contributed by atoms with E-state index in [9.17, 15) is 9.90 Å². The van der Waals surface area contributed by atoms with E-state index < -0.39 is 0 Å². The van der Waals surface area contributed by atoms with Crippen molar-refractivity contribution in [2.75, 3.05) is 7.11 Å². The highest BCUT2D eigenvalue weighted by Gasteiger charge is 2.45. The number of methoxy groups -OCH3 is 1. The minimum absolute atomic E-state index is 0.0656. The molecule has 2 aliphatic rings. The number of Topliss-reactive ketones (excluding diaryl/α,β-unsaturated/α-hetero) is 1. The van der Waals surface area contributed by atoms with Crippen LogP contribution in [0.4, 0.5) is 0 Å². The quantitative estimate of drug-likeness (QED) is 0.881. The van der Waals surface area contributed by atoms with Gasteiger partial charge in [-0.2, -0.15) is 0 Å². The van der Waals surface area contributed by atoms with Crippen molar-refractivity contribution in [3.8, 4) is 11.5 Å². The molecule has 0 heterocycles. The maximum Gasteiger partial charge on any atom is 0.174 e. The number of aromatic hydroxyl groups is 1. The highest BCUT2D eigenvalue weighted by Crippen LogP contribution is 2.54. The molecule has 0 radical (unpaired) electrons. The molecule has 0 spiro atoms. The summed E-state index contributed by atoms with van der Waals surface area (Å²) in [5.74, 6) is 1.57. The molecule has 0 aliphatic heterocycles. The van der Waals surface area contributed by atoms with E-state index in [1.54, 1.807) is 13.2 Å². The van der Waals surface area contributed by atoms with Crippen LogP contribution in [0.3, 0.4) is 0 Å². The summed E-state index contributed by atoms with van der Waals surface area (Å²) in [6.07, 6.45) is 3.31. The molecule has 2 aromatic carbocycles. The van der Waals surface area contributed by atoms with Gasteiger partial charge in [0.1, 0.15) is 11.5 Å². The van der Waals surface area contributed by atoms with Gasteiger partial charge in [-0.25, -0.2) is 0 Å². The van der Waals surface area contributed by atoms with Gasteiger partial charge in [0.15, 0.2) is 5.78 Å². The monoisotopic (exact) mass is 322 g/mol. The van der Waals surface area contributed by atoms with E-state index in [4.69, 9.17) is 4.74 Å². The van der Waals surface area contributed by atoms with Gasteiger partial charge in [0.25, 0.3) is 0 Å². The molecule has 1 N–H and O–H groups in total. The fourth-order valence-corrected chi connectivity index (χ4v) is 4.75. The number of carbonyl (C=O) groups is 1. The van der Waals surface area contributed by atoms with Crippen molar-refractivity contribution in [1.82, 2.24) is 0 Å². The Balaban J connectivity index is 1.85. The lowest BCUT2D eigenvalue weighted by atomic mass is 9.67. The summed E-state index contributed by atoms with van der Waals surface area (Å²) < 4.78 is 5.35. The van der Waals surface area contributed by atoms with Crippen LogP contribution in [0.2, 0.25) is 0 Å². The smallest absolute Gasteiger partial charge is 0.174 e. The van der Waals surface area contributed by atoms with Crippen LogP contribution in [0.1, 0.15) is 58.1 Å². The van der Waals surface area contributed by atoms with Crippen LogP contribution in [-0.4, -0.2) is 18.0 Å². The third kappa shape index (κ3) is 2.15. The first-order valence-corrected chi connectivity index (χ1v) is 8.62. The van der Waals surface area contributed by atoms with Gasteiger partial charge in [0.2, 0.25) is 0 Å². The van der Waals surface area contributed by atoms with Gasteiger partial charge in [0, 0.05) is 0 Å². The summed E-state index contributed by atoms with van der Waals surface area (Å²) in [5.41, 5.74) is 3.67. The number of phenols is 1. The number of benzene rings is 2. The second kappa shape index (κ2) is 5.66. The van der Waals surface area contributed by atoms with E-state index >= 15 is 0 Å². The summed E-state index contributed by atoms with van der Waals surface area (Å²) >= 11 is 0. The van der Waals surface area contributed by atoms with Gasteiger partial charge in [-0.1, -0.05) is 30.7 Å². The number of fused-ring (bicyclic) bond motifs is 3. The summed E-state index contributed by atoms with van der Waals surface area (Å²) in [7, 11) is 1.66. The summed E-state index contributed by atoms with van der Waals surface area (Å²) in [6.45, 7) is 2.01. The second-order valence-electron chi connectivity index (χ2n) is 7.01. The molecule has 1 fully saturated rings. The molecule has 0 bridgehead atoms. The van der Waals surface area contributed by atoms with Crippen molar-refractivity contribution in [1.29, 1.82) is 0 Å². The molecule has 1 saturated carbocycles. The number of ketones is 1. The Morgan fingerprint density at radius 3 is 2.75 bits per heavy atom. The first-order valence-electron chi connectivity index (χ1n) is 8.62. The fourth-order valence-electron chi connectivity index (χ4n) is 4.75. The number of aryl methyl sites for hydroxylation is 1. The fraction of sp³-hybridized carbons (Fsp3) is 0.381. The standard InChI is InChI=1S/C21H22O3/c1-12-11-13(9-10-18(12)24-2)19-15-6-3-5-14(15)16-7-4-8-17(22)20(16)21(19)23/h4,7-11,14-15,19,22H,3,5-6H2,1-2H3/t14-,15+,19?/m1/s1. The lowest BCUT2D eigenvalue weighted by molar-refractivity contribution is 0.0903. The Morgan fingerprint density at radius 2 is 2.00 bits per heavy atom. The predicted octanol–water partition coefficient (Wildman–Crippen LogP) is 4.57. The third-order valence-corrected chi connectivity index (χ3v) is 5.78. The molecule has 3 atom stereocenters. The van der Waals surface area contributed by atoms with Crippen molar-refractivity contribution in [2.24, 2.45) is 5.92 Å². The number of phenolic OH excluding ortho intramolecular Hbond substituents is 1. The van der Waals surface area contributed by atoms with E-state index in [1.165, 1.54) is 0 Å².